The third kappa shape index (κ3) is 5.84. The predicted molar refractivity (Wildman–Crippen MR) is 148 cm³/mol. The predicted octanol–water partition coefficient (Wildman–Crippen LogP) is 4.25. The zero-order valence-electron chi connectivity index (χ0n) is 22.0. The molecule has 0 fully saturated rings. The first-order chi connectivity index (χ1) is 18.6. The van der Waals surface area contributed by atoms with Gasteiger partial charge >= 0.3 is 11.9 Å². The van der Waals surface area contributed by atoms with E-state index in [0.717, 1.165) is 11.1 Å². The van der Waals surface area contributed by atoms with E-state index >= 15 is 0 Å². The largest absolute Gasteiger partial charge is 0.465 e. The van der Waals surface area contributed by atoms with E-state index in [0.29, 0.717) is 5.56 Å². The molecule has 0 aromatic heterocycles. The van der Waals surface area contributed by atoms with Crippen molar-refractivity contribution in [2.75, 3.05) is 6.61 Å². The van der Waals surface area contributed by atoms with Gasteiger partial charge in [0.25, 0.3) is 0 Å². The molecule has 3 aromatic rings. The highest BCUT2D eigenvalue weighted by Crippen LogP contribution is 2.38. The summed E-state index contributed by atoms with van der Waals surface area (Å²) < 4.78 is 40.6. The van der Waals surface area contributed by atoms with Crippen molar-refractivity contribution < 1.29 is 27.5 Å². The fourth-order valence-corrected chi connectivity index (χ4v) is 5.75. The SMILES string of the molecule is CCOC(=O)C(C)(NS(=O)(=O)c1ccc(C)cc1)C1(Cc2ccccc2)N=C(/C=C/c2ccccc2)OC1=O. The highest BCUT2D eigenvalue weighted by Gasteiger charge is 2.65. The molecule has 1 N–H and O–H groups in total. The van der Waals surface area contributed by atoms with Crippen molar-refractivity contribution in [2.45, 2.75) is 43.2 Å². The smallest absolute Gasteiger partial charge is 0.343 e. The van der Waals surface area contributed by atoms with Crippen LogP contribution in [0.4, 0.5) is 0 Å². The van der Waals surface area contributed by atoms with Gasteiger partial charge in [-0.2, -0.15) is 4.72 Å². The minimum Gasteiger partial charge on any atom is -0.465 e. The fraction of sp³-hybridized carbons (Fsp3) is 0.233. The van der Waals surface area contributed by atoms with Crippen LogP contribution in [0.3, 0.4) is 0 Å². The maximum Gasteiger partial charge on any atom is 0.343 e. The van der Waals surface area contributed by atoms with Crippen LogP contribution >= 0.6 is 0 Å². The lowest BCUT2D eigenvalue weighted by atomic mass is 9.75. The molecule has 0 aliphatic carbocycles. The topological polar surface area (TPSA) is 111 Å². The van der Waals surface area contributed by atoms with Crippen LogP contribution in [-0.4, -0.2) is 43.9 Å². The summed E-state index contributed by atoms with van der Waals surface area (Å²) >= 11 is 0. The molecule has 1 heterocycles. The van der Waals surface area contributed by atoms with E-state index in [1.54, 1.807) is 49.4 Å². The molecule has 2 unspecified atom stereocenters. The van der Waals surface area contributed by atoms with E-state index in [1.165, 1.54) is 25.1 Å². The monoisotopic (exact) mass is 546 g/mol. The molecule has 39 heavy (non-hydrogen) atoms. The van der Waals surface area contributed by atoms with Crippen LogP contribution in [0.1, 0.15) is 30.5 Å². The van der Waals surface area contributed by atoms with Gasteiger partial charge in [-0.25, -0.2) is 23.0 Å². The highest BCUT2D eigenvalue weighted by atomic mass is 32.2. The minimum atomic E-state index is -4.31. The Hall–Kier alpha value is -4.08. The summed E-state index contributed by atoms with van der Waals surface area (Å²) in [6.07, 6.45) is 3.10. The minimum absolute atomic E-state index is 0.0401. The van der Waals surface area contributed by atoms with Gasteiger partial charge in [-0.1, -0.05) is 78.4 Å². The number of sulfonamides is 1. The zero-order valence-corrected chi connectivity index (χ0v) is 22.8. The third-order valence-corrected chi connectivity index (χ3v) is 8.11. The quantitative estimate of drug-likeness (QED) is 0.381. The summed E-state index contributed by atoms with van der Waals surface area (Å²) in [6, 6.07) is 24.4. The molecule has 9 heteroatoms. The average molecular weight is 547 g/mol. The van der Waals surface area contributed by atoms with E-state index in [1.807, 2.05) is 43.3 Å². The molecule has 4 rings (SSSR count). The van der Waals surface area contributed by atoms with Crippen molar-refractivity contribution in [3.05, 3.63) is 108 Å². The van der Waals surface area contributed by atoms with Crippen molar-refractivity contribution in [3.63, 3.8) is 0 Å². The summed E-state index contributed by atoms with van der Waals surface area (Å²) in [5.74, 6) is -1.88. The van der Waals surface area contributed by atoms with E-state index in [9.17, 15) is 18.0 Å². The lowest BCUT2D eigenvalue weighted by Gasteiger charge is -2.39. The molecule has 1 aliphatic rings. The van der Waals surface area contributed by atoms with Gasteiger partial charge < -0.3 is 9.47 Å². The molecule has 2 atom stereocenters. The second-order valence-corrected chi connectivity index (χ2v) is 11.1. The first-order valence-corrected chi connectivity index (χ1v) is 13.9. The number of nitrogens with one attached hydrogen (secondary N) is 1. The second kappa shape index (κ2) is 11.3. The number of aliphatic imine (C=N–C) groups is 1. The van der Waals surface area contributed by atoms with Crippen LogP contribution in [0, 0.1) is 6.92 Å². The van der Waals surface area contributed by atoms with Crippen molar-refractivity contribution in [2.24, 2.45) is 4.99 Å². The van der Waals surface area contributed by atoms with Crippen LogP contribution in [-0.2, 0) is 35.5 Å². The number of ether oxygens (including phenoxy) is 2. The van der Waals surface area contributed by atoms with Gasteiger partial charge in [-0.05, 0) is 50.1 Å². The maximum absolute atomic E-state index is 13.7. The van der Waals surface area contributed by atoms with Gasteiger partial charge in [-0.3, -0.25) is 0 Å². The molecular formula is C30H30N2O6S. The number of hydrogen-bond donors (Lipinski definition) is 1. The number of esters is 2. The third-order valence-electron chi connectivity index (χ3n) is 6.54. The fourth-order valence-electron chi connectivity index (χ4n) is 4.35. The number of rotatable bonds is 10. The van der Waals surface area contributed by atoms with Crippen molar-refractivity contribution >= 4 is 33.9 Å². The van der Waals surface area contributed by atoms with Crippen LogP contribution in [0.15, 0.2) is 101 Å². The van der Waals surface area contributed by atoms with Gasteiger partial charge in [0.1, 0.15) is 0 Å². The van der Waals surface area contributed by atoms with E-state index in [-0.39, 0.29) is 23.8 Å². The molecule has 202 valence electrons. The summed E-state index contributed by atoms with van der Waals surface area (Å²) in [4.78, 5) is 31.9. The molecule has 0 spiro atoms. The zero-order chi connectivity index (χ0) is 28.1. The van der Waals surface area contributed by atoms with Crippen molar-refractivity contribution in [1.29, 1.82) is 0 Å². The van der Waals surface area contributed by atoms with Gasteiger partial charge in [0.2, 0.25) is 15.9 Å². The van der Waals surface area contributed by atoms with Crippen LogP contribution < -0.4 is 4.72 Å². The first-order valence-electron chi connectivity index (χ1n) is 12.5. The molecule has 0 saturated heterocycles. The van der Waals surface area contributed by atoms with Gasteiger partial charge in [0, 0.05) is 12.5 Å². The lowest BCUT2D eigenvalue weighted by Crippen LogP contribution is -2.69. The van der Waals surface area contributed by atoms with Gasteiger partial charge in [-0.15, -0.1) is 0 Å². The summed E-state index contributed by atoms with van der Waals surface area (Å²) in [7, 11) is -4.31. The van der Waals surface area contributed by atoms with E-state index in [2.05, 4.69) is 9.71 Å². The van der Waals surface area contributed by atoms with E-state index < -0.39 is 33.0 Å². The Morgan fingerprint density at radius 1 is 1.00 bits per heavy atom. The molecule has 1 aliphatic heterocycles. The normalized spacial score (nSPS) is 18.8. The Balaban J connectivity index is 1.87. The van der Waals surface area contributed by atoms with Crippen molar-refractivity contribution in [3.8, 4) is 0 Å². The number of carbonyl (C=O) groups excluding carboxylic acids is 2. The van der Waals surface area contributed by atoms with Gasteiger partial charge in [0.05, 0.1) is 11.5 Å². The molecule has 0 radical (unpaired) electrons. The number of nitrogens with zero attached hydrogens (tertiary/aromatic N) is 1. The number of carbonyl (C=O) groups is 2. The lowest BCUT2D eigenvalue weighted by molar-refractivity contribution is -0.158. The first kappa shape index (κ1) is 27.9. The Bertz CT molecular complexity index is 1500. The van der Waals surface area contributed by atoms with Crippen LogP contribution in [0.25, 0.3) is 6.08 Å². The number of benzene rings is 3. The second-order valence-electron chi connectivity index (χ2n) is 9.37. The molecule has 0 bridgehead atoms. The molecule has 3 aromatic carbocycles. The molecule has 0 saturated carbocycles. The summed E-state index contributed by atoms with van der Waals surface area (Å²) in [5, 5.41) is 0. The van der Waals surface area contributed by atoms with Crippen LogP contribution in [0.5, 0.6) is 0 Å². The molecule has 0 amide bonds. The highest BCUT2D eigenvalue weighted by molar-refractivity contribution is 7.89. The number of cyclic esters (lactones) is 1. The molecular weight excluding hydrogens is 516 g/mol. The average Bonchev–Trinajstić information content (AvgIpc) is 3.24. The maximum atomic E-state index is 13.7. The molecule has 8 nitrogen and oxygen atoms in total. The van der Waals surface area contributed by atoms with Crippen molar-refractivity contribution in [1.82, 2.24) is 4.72 Å². The standard InChI is InChI=1S/C30H30N2O6S/c1-4-37-27(33)29(3,32-39(35,36)25-18-15-22(2)16-19-25)30(21-24-13-9-6-10-14-24)28(34)38-26(31-30)20-17-23-11-7-5-8-12-23/h5-20,32H,4,21H2,1-3H3/b20-17+. The Morgan fingerprint density at radius 3 is 2.23 bits per heavy atom. The Labute approximate surface area is 228 Å². The Kier molecular flexibility index (Phi) is 8.13. The Morgan fingerprint density at radius 2 is 1.62 bits per heavy atom. The van der Waals surface area contributed by atoms with Crippen LogP contribution in [0.2, 0.25) is 0 Å². The number of aryl methyl sites for hydroxylation is 1. The number of hydrogen-bond acceptors (Lipinski definition) is 7. The summed E-state index contributed by atoms with van der Waals surface area (Å²) in [5.41, 5.74) is -1.82. The summed E-state index contributed by atoms with van der Waals surface area (Å²) in [6.45, 7) is 4.70. The van der Waals surface area contributed by atoms with Gasteiger partial charge in [0.15, 0.2) is 11.1 Å². The van der Waals surface area contributed by atoms with E-state index in [4.69, 9.17) is 9.47 Å².